The number of amides is 1. The fraction of sp³-hybridized carbons (Fsp3) is 0.150. The predicted molar refractivity (Wildman–Crippen MR) is 97.3 cm³/mol. The lowest BCUT2D eigenvalue weighted by Crippen LogP contribution is -2.29. The summed E-state index contributed by atoms with van der Waals surface area (Å²) in [6.07, 6.45) is 0. The number of aromatic amines is 1. The third-order valence-corrected chi connectivity index (χ3v) is 4.03. The molecule has 0 unspecified atom stereocenters. The summed E-state index contributed by atoms with van der Waals surface area (Å²) in [5, 5.41) is 2.83. The summed E-state index contributed by atoms with van der Waals surface area (Å²) in [6.45, 7) is 3.47. The molecular formula is C20H18FN3O2. The van der Waals surface area contributed by atoms with Gasteiger partial charge in [0, 0.05) is 6.07 Å². The molecule has 0 saturated heterocycles. The second-order valence-electron chi connectivity index (χ2n) is 6.04. The van der Waals surface area contributed by atoms with Crippen molar-refractivity contribution >= 4 is 5.91 Å². The zero-order valence-corrected chi connectivity index (χ0v) is 14.4. The SMILES string of the molecule is Cc1nc(C(=O)N[C@H](C)c2ccc(-c3ccc(F)cc3)cc2)cc(=O)[nH]1. The molecule has 0 aliphatic heterocycles. The van der Waals surface area contributed by atoms with Crippen molar-refractivity contribution in [1.82, 2.24) is 15.3 Å². The first kappa shape index (κ1) is 17.5. The van der Waals surface area contributed by atoms with Crippen LogP contribution in [0.2, 0.25) is 0 Å². The van der Waals surface area contributed by atoms with Crippen molar-refractivity contribution in [2.24, 2.45) is 0 Å². The van der Waals surface area contributed by atoms with Crippen LogP contribution in [0.15, 0.2) is 59.4 Å². The molecule has 26 heavy (non-hydrogen) atoms. The minimum atomic E-state index is -0.408. The highest BCUT2D eigenvalue weighted by Crippen LogP contribution is 2.22. The zero-order chi connectivity index (χ0) is 18.7. The van der Waals surface area contributed by atoms with E-state index < -0.39 is 5.91 Å². The first-order valence-corrected chi connectivity index (χ1v) is 8.17. The Balaban J connectivity index is 1.73. The van der Waals surface area contributed by atoms with Gasteiger partial charge < -0.3 is 10.3 Å². The Bertz CT molecular complexity index is 979. The van der Waals surface area contributed by atoms with Crippen LogP contribution in [0.5, 0.6) is 0 Å². The number of rotatable bonds is 4. The Hall–Kier alpha value is -3.28. The number of nitrogens with zero attached hydrogens (tertiary/aromatic N) is 1. The standard InChI is InChI=1S/C20H18FN3O2/c1-12(22-20(26)18-11-19(25)24-13(2)23-18)14-3-5-15(6-4-14)16-7-9-17(21)10-8-16/h3-12H,1-2H3,(H,22,26)(H,23,24,25)/t12-/m1/s1. The zero-order valence-electron chi connectivity index (χ0n) is 14.4. The fourth-order valence-electron chi connectivity index (χ4n) is 2.66. The van der Waals surface area contributed by atoms with E-state index in [1.807, 2.05) is 31.2 Å². The number of carbonyl (C=O) groups excluding carboxylic acids is 1. The van der Waals surface area contributed by atoms with Crippen molar-refractivity contribution in [2.75, 3.05) is 0 Å². The van der Waals surface area contributed by atoms with E-state index in [1.165, 1.54) is 18.2 Å². The number of halogens is 1. The molecule has 0 bridgehead atoms. The summed E-state index contributed by atoms with van der Waals surface area (Å²) in [5.41, 5.74) is 2.50. The maximum Gasteiger partial charge on any atom is 0.270 e. The molecule has 2 N–H and O–H groups in total. The molecule has 6 heteroatoms. The molecule has 0 fully saturated rings. The fourth-order valence-corrected chi connectivity index (χ4v) is 2.66. The number of hydrogen-bond donors (Lipinski definition) is 2. The van der Waals surface area contributed by atoms with E-state index in [1.54, 1.807) is 19.1 Å². The molecule has 1 amide bonds. The van der Waals surface area contributed by atoms with Crippen LogP contribution in [-0.2, 0) is 0 Å². The van der Waals surface area contributed by atoms with Crippen molar-refractivity contribution in [3.05, 3.63) is 87.9 Å². The van der Waals surface area contributed by atoms with E-state index in [9.17, 15) is 14.0 Å². The first-order valence-electron chi connectivity index (χ1n) is 8.17. The summed E-state index contributed by atoms with van der Waals surface area (Å²) in [5.74, 6) is -0.293. The van der Waals surface area contributed by atoms with E-state index in [4.69, 9.17) is 0 Å². The van der Waals surface area contributed by atoms with Gasteiger partial charge in [-0.2, -0.15) is 0 Å². The number of hydrogen-bond acceptors (Lipinski definition) is 3. The molecule has 0 spiro atoms. The number of benzene rings is 2. The molecule has 1 atom stereocenters. The normalized spacial score (nSPS) is 11.8. The van der Waals surface area contributed by atoms with Crippen molar-refractivity contribution in [1.29, 1.82) is 0 Å². The average molecular weight is 351 g/mol. The molecule has 1 aromatic heterocycles. The largest absolute Gasteiger partial charge is 0.344 e. The number of nitrogens with one attached hydrogen (secondary N) is 2. The van der Waals surface area contributed by atoms with Crippen LogP contribution >= 0.6 is 0 Å². The summed E-state index contributed by atoms with van der Waals surface area (Å²) >= 11 is 0. The number of H-pyrrole nitrogens is 1. The Morgan fingerprint density at radius 3 is 2.23 bits per heavy atom. The van der Waals surface area contributed by atoms with Crippen molar-refractivity contribution in [3.8, 4) is 11.1 Å². The van der Waals surface area contributed by atoms with E-state index in [2.05, 4.69) is 15.3 Å². The molecule has 0 aliphatic rings. The molecule has 2 aromatic carbocycles. The van der Waals surface area contributed by atoms with Gasteiger partial charge in [-0.1, -0.05) is 36.4 Å². The molecule has 0 aliphatic carbocycles. The molecular weight excluding hydrogens is 333 g/mol. The molecule has 3 rings (SSSR count). The molecule has 0 saturated carbocycles. The lowest BCUT2D eigenvalue weighted by atomic mass is 10.0. The molecule has 132 valence electrons. The van der Waals surface area contributed by atoms with Gasteiger partial charge in [-0.15, -0.1) is 0 Å². The van der Waals surface area contributed by atoms with Crippen molar-refractivity contribution in [2.45, 2.75) is 19.9 Å². The van der Waals surface area contributed by atoms with Crippen molar-refractivity contribution < 1.29 is 9.18 Å². The number of aryl methyl sites for hydroxylation is 1. The third kappa shape index (κ3) is 4.03. The van der Waals surface area contributed by atoms with Crippen LogP contribution in [0.3, 0.4) is 0 Å². The minimum absolute atomic E-state index is 0.0843. The van der Waals surface area contributed by atoms with E-state index in [-0.39, 0.29) is 23.1 Å². The van der Waals surface area contributed by atoms with Crippen LogP contribution in [0.1, 0.15) is 34.8 Å². The molecule has 5 nitrogen and oxygen atoms in total. The summed E-state index contributed by atoms with van der Waals surface area (Å²) in [4.78, 5) is 30.3. The second-order valence-corrected chi connectivity index (χ2v) is 6.04. The second kappa shape index (κ2) is 7.31. The van der Waals surface area contributed by atoms with E-state index in [0.29, 0.717) is 5.82 Å². The van der Waals surface area contributed by atoms with Crippen LogP contribution in [-0.4, -0.2) is 15.9 Å². The summed E-state index contributed by atoms with van der Waals surface area (Å²) in [6, 6.07) is 14.8. The monoisotopic (exact) mass is 351 g/mol. The minimum Gasteiger partial charge on any atom is -0.344 e. The van der Waals surface area contributed by atoms with Gasteiger partial charge >= 0.3 is 0 Å². The topological polar surface area (TPSA) is 74.8 Å². The highest BCUT2D eigenvalue weighted by molar-refractivity contribution is 5.92. The Morgan fingerprint density at radius 1 is 1.08 bits per heavy atom. The van der Waals surface area contributed by atoms with Gasteiger partial charge in [-0.3, -0.25) is 9.59 Å². The molecule has 0 radical (unpaired) electrons. The van der Waals surface area contributed by atoms with Gasteiger partial charge in [0.15, 0.2) is 0 Å². The van der Waals surface area contributed by atoms with Gasteiger partial charge in [-0.25, -0.2) is 9.37 Å². The third-order valence-electron chi connectivity index (χ3n) is 4.03. The van der Waals surface area contributed by atoms with E-state index >= 15 is 0 Å². The van der Waals surface area contributed by atoms with Gasteiger partial charge in [0.25, 0.3) is 11.5 Å². The lowest BCUT2D eigenvalue weighted by molar-refractivity contribution is 0.0934. The number of carbonyl (C=O) groups is 1. The smallest absolute Gasteiger partial charge is 0.270 e. The predicted octanol–water partition coefficient (Wildman–Crippen LogP) is 3.38. The highest BCUT2D eigenvalue weighted by atomic mass is 19.1. The Kier molecular flexibility index (Phi) is 4.93. The van der Waals surface area contributed by atoms with Crippen LogP contribution in [0.25, 0.3) is 11.1 Å². The molecule has 1 heterocycles. The van der Waals surface area contributed by atoms with Gasteiger partial charge in [-0.05, 0) is 42.7 Å². The highest BCUT2D eigenvalue weighted by Gasteiger charge is 2.14. The van der Waals surface area contributed by atoms with Gasteiger partial charge in [0.1, 0.15) is 17.3 Å². The van der Waals surface area contributed by atoms with Gasteiger partial charge in [0.05, 0.1) is 6.04 Å². The van der Waals surface area contributed by atoms with Crippen LogP contribution in [0.4, 0.5) is 4.39 Å². The van der Waals surface area contributed by atoms with Gasteiger partial charge in [0.2, 0.25) is 0 Å². The van der Waals surface area contributed by atoms with Crippen molar-refractivity contribution in [3.63, 3.8) is 0 Å². The first-order chi connectivity index (χ1) is 12.4. The van der Waals surface area contributed by atoms with Crippen LogP contribution in [0, 0.1) is 12.7 Å². The maximum absolute atomic E-state index is 13.0. The van der Waals surface area contributed by atoms with E-state index in [0.717, 1.165) is 16.7 Å². The number of aromatic nitrogens is 2. The maximum atomic E-state index is 13.0. The quantitative estimate of drug-likeness (QED) is 0.757. The average Bonchev–Trinajstić information content (AvgIpc) is 2.61. The Morgan fingerprint density at radius 2 is 1.65 bits per heavy atom. The lowest BCUT2D eigenvalue weighted by Gasteiger charge is -2.15. The molecule has 3 aromatic rings. The summed E-state index contributed by atoms with van der Waals surface area (Å²) in [7, 11) is 0. The Labute approximate surface area is 149 Å². The summed E-state index contributed by atoms with van der Waals surface area (Å²) < 4.78 is 13.0. The van der Waals surface area contributed by atoms with Crippen LogP contribution < -0.4 is 10.9 Å².